The van der Waals surface area contributed by atoms with E-state index < -0.39 is 5.91 Å². The number of nitrogens with one attached hydrogen (secondary N) is 1. The summed E-state index contributed by atoms with van der Waals surface area (Å²) in [6, 6.07) is 13.5. The van der Waals surface area contributed by atoms with Gasteiger partial charge in [0.1, 0.15) is 0 Å². The maximum atomic E-state index is 11.8. The van der Waals surface area contributed by atoms with Crippen LogP contribution in [-0.4, -0.2) is 20.4 Å². The average Bonchev–Trinajstić information content (AvgIpc) is 3.32. The number of fused-ring (bicyclic) bond motifs is 2. The Morgan fingerprint density at radius 1 is 1.14 bits per heavy atom. The van der Waals surface area contributed by atoms with Gasteiger partial charge in [0.25, 0.3) is 0 Å². The highest BCUT2D eigenvalue weighted by Crippen LogP contribution is 2.43. The van der Waals surface area contributed by atoms with E-state index in [0.29, 0.717) is 11.5 Å². The van der Waals surface area contributed by atoms with Crippen molar-refractivity contribution in [1.29, 1.82) is 0 Å². The highest BCUT2D eigenvalue weighted by atomic mass is 16.3. The van der Waals surface area contributed by atoms with Crippen LogP contribution in [0, 0.1) is 4.91 Å². The summed E-state index contributed by atoms with van der Waals surface area (Å²) in [4.78, 5) is 30.9. The predicted molar refractivity (Wildman–Crippen MR) is 114 cm³/mol. The Bertz CT molecular complexity index is 1210. The Balaban J connectivity index is 1.78. The smallest absolute Gasteiger partial charge is 0.316 e. The number of rotatable bonds is 3. The van der Waals surface area contributed by atoms with Crippen molar-refractivity contribution in [1.82, 2.24) is 14.5 Å². The number of hydrogen-bond acceptors (Lipinski definition) is 3. The Hall–Kier alpha value is -3.28. The third kappa shape index (κ3) is 2.87. The molecule has 2 aromatic heterocycles. The minimum absolute atomic E-state index is 0.319. The van der Waals surface area contributed by atoms with E-state index in [4.69, 9.17) is 4.98 Å². The standard InChI is InChI=1S/C23H22N4O2/c1-27-19-13-15(23(28)26-29)11-12-16(19)20(14-7-3-2-4-8-14)21(27)22-24-17-9-5-6-10-18(17)25-22/h5-6,9-14H,2-4,7-8H2,1H3,(H,24,25). The van der Waals surface area contributed by atoms with E-state index in [2.05, 4.69) is 14.7 Å². The van der Waals surface area contributed by atoms with Crippen molar-refractivity contribution < 1.29 is 4.79 Å². The molecule has 1 aliphatic rings. The van der Waals surface area contributed by atoms with Crippen LogP contribution in [0.4, 0.5) is 0 Å². The topological polar surface area (TPSA) is 80.1 Å². The Morgan fingerprint density at radius 3 is 2.69 bits per heavy atom. The van der Waals surface area contributed by atoms with E-state index >= 15 is 0 Å². The number of aryl methyl sites for hydroxylation is 1. The van der Waals surface area contributed by atoms with Gasteiger partial charge in [0.05, 0.1) is 16.7 Å². The highest BCUT2D eigenvalue weighted by molar-refractivity contribution is 6.01. The van der Waals surface area contributed by atoms with Gasteiger partial charge < -0.3 is 9.55 Å². The first-order valence-electron chi connectivity index (χ1n) is 10.1. The summed E-state index contributed by atoms with van der Waals surface area (Å²) in [6.07, 6.45) is 6.05. The van der Waals surface area contributed by atoms with E-state index in [9.17, 15) is 9.70 Å². The summed E-state index contributed by atoms with van der Waals surface area (Å²) in [5.74, 6) is 0.561. The molecule has 6 nitrogen and oxygen atoms in total. The Morgan fingerprint density at radius 2 is 1.93 bits per heavy atom. The normalized spacial score (nSPS) is 15.2. The predicted octanol–water partition coefficient (Wildman–Crippen LogP) is 5.68. The molecule has 1 amide bonds. The number of H-pyrrole nitrogens is 1. The van der Waals surface area contributed by atoms with Crippen LogP contribution in [0.1, 0.15) is 53.9 Å². The molecule has 146 valence electrons. The molecule has 1 aliphatic carbocycles. The van der Waals surface area contributed by atoms with Crippen LogP contribution in [0.2, 0.25) is 0 Å². The number of aromatic amines is 1. The fourth-order valence-electron chi connectivity index (χ4n) is 4.81. The Labute approximate surface area is 167 Å². The summed E-state index contributed by atoms with van der Waals surface area (Å²) < 4.78 is 2.10. The maximum Gasteiger partial charge on any atom is 0.316 e. The first kappa shape index (κ1) is 17.8. The molecule has 1 fully saturated rings. The summed E-state index contributed by atoms with van der Waals surface area (Å²) in [5.41, 5.74) is 5.54. The van der Waals surface area contributed by atoms with Crippen LogP contribution in [-0.2, 0) is 7.05 Å². The number of benzene rings is 2. The molecule has 5 rings (SSSR count). The number of carbonyl (C=O) groups is 1. The molecule has 0 aliphatic heterocycles. The molecule has 2 heterocycles. The number of nitrogens with zero attached hydrogens (tertiary/aromatic N) is 3. The molecule has 0 bridgehead atoms. The lowest BCUT2D eigenvalue weighted by molar-refractivity contribution is 0.100. The van der Waals surface area contributed by atoms with Crippen molar-refractivity contribution in [2.45, 2.75) is 38.0 Å². The summed E-state index contributed by atoms with van der Waals surface area (Å²) in [6.45, 7) is 0. The number of para-hydroxylation sites is 2. The quantitative estimate of drug-likeness (QED) is 0.460. The van der Waals surface area contributed by atoms with Crippen molar-refractivity contribution in [3.63, 3.8) is 0 Å². The lowest BCUT2D eigenvalue weighted by Gasteiger charge is -2.22. The lowest BCUT2D eigenvalue weighted by Crippen LogP contribution is -2.06. The first-order valence-corrected chi connectivity index (χ1v) is 10.1. The number of carbonyl (C=O) groups excluding carboxylic acids is 1. The van der Waals surface area contributed by atoms with Crippen molar-refractivity contribution in [3.8, 4) is 11.5 Å². The highest BCUT2D eigenvalue weighted by Gasteiger charge is 2.27. The second-order valence-corrected chi connectivity index (χ2v) is 7.89. The molecule has 0 atom stereocenters. The molecular weight excluding hydrogens is 364 g/mol. The van der Waals surface area contributed by atoms with E-state index in [0.717, 1.165) is 46.3 Å². The molecule has 2 aromatic carbocycles. The summed E-state index contributed by atoms with van der Waals surface area (Å²) >= 11 is 0. The molecule has 1 N–H and O–H groups in total. The largest absolute Gasteiger partial charge is 0.341 e. The first-order chi connectivity index (χ1) is 14.2. The number of hydrogen-bond donors (Lipinski definition) is 1. The van der Waals surface area contributed by atoms with Gasteiger partial charge in [-0.15, -0.1) is 4.91 Å². The average molecular weight is 386 g/mol. The number of aromatic nitrogens is 3. The van der Waals surface area contributed by atoms with Crippen LogP contribution >= 0.6 is 0 Å². The molecule has 29 heavy (non-hydrogen) atoms. The lowest BCUT2D eigenvalue weighted by atomic mass is 9.82. The molecular formula is C23H22N4O2. The van der Waals surface area contributed by atoms with Crippen LogP contribution < -0.4 is 0 Å². The molecule has 0 saturated heterocycles. The van der Waals surface area contributed by atoms with Crippen LogP contribution in [0.15, 0.2) is 47.6 Å². The molecule has 4 aromatic rings. The molecule has 6 heteroatoms. The molecule has 0 radical (unpaired) electrons. The van der Waals surface area contributed by atoms with Gasteiger partial charge in [-0.3, -0.25) is 4.79 Å². The van der Waals surface area contributed by atoms with Gasteiger partial charge in [-0.2, -0.15) is 0 Å². The third-order valence-corrected chi connectivity index (χ3v) is 6.20. The molecule has 0 unspecified atom stereocenters. The fourth-order valence-corrected chi connectivity index (χ4v) is 4.81. The van der Waals surface area contributed by atoms with Crippen molar-refractivity contribution >= 4 is 27.8 Å². The minimum atomic E-state index is -0.738. The minimum Gasteiger partial charge on any atom is -0.341 e. The van der Waals surface area contributed by atoms with E-state index in [1.165, 1.54) is 24.8 Å². The molecule has 1 saturated carbocycles. The number of nitroso groups, excluding NO2 is 1. The molecule has 0 spiro atoms. The van der Waals surface area contributed by atoms with Crippen molar-refractivity contribution in [2.75, 3.05) is 0 Å². The van der Waals surface area contributed by atoms with Crippen LogP contribution in [0.5, 0.6) is 0 Å². The van der Waals surface area contributed by atoms with Crippen molar-refractivity contribution in [3.05, 3.63) is 58.5 Å². The number of imidazole rings is 1. The van der Waals surface area contributed by atoms with Crippen LogP contribution in [0.3, 0.4) is 0 Å². The van der Waals surface area contributed by atoms with E-state index in [1.54, 1.807) is 12.1 Å². The van der Waals surface area contributed by atoms with Gasteiger partial charge in [0.2, 0.25) is 0 Å². The maximum absolute atomic E-state index is 11.8. The van der Waals surface area contributed by atoms with E-state index in [-0.39, 0.29) is 0 Å². The Kier molecular flexibility index (Phi) is 4.27. The fraction of sp³-hybridized carbons (Fsp3) is 0.304. The summed E-state index contributed by atoms with van der Waals surface area (Å²) in [7, 11) is 2.00. The third-order valence-electron chi connectivity index (χ3n) is 6.20. The van der Waals surface area contributed by atoms with Gasteiger partial charge in [-0.25, -0.2) is 4.98 Å². The van der Waals surface area contributed by atoms with Gasteiger partial charge in [0, 0.05) is 28.7 Å². The van der Waals surface area contributed by atoms with Crippen molar-refractivity contribution in [2.24, 2.45) is 12.2 Å². The zero-order valence-electron chi connectivity index (χ0n) is 16.3. The monoisotopic (exact) mass is 386 g/mol. The second-order valence-electron chi connectivity index (χ2n) is 7.89. The van der Waals surface area contributed by atoms with Gasteiger partial charge in [-0.1, -0.05) is 37.5 Å². The zero-order valence-corrected chi connectivity index (χ0v) is 16.3. The van der Waals surface area contributed by atoms with Gasteiger partial charge >= 0.3 is 5.91 Å². The number of amides is 1. The van der Waals surface area contributed by atoms with E-state index in [1.807, 2.05) is 37.4 Å². The van der Waals surface area contributed by atoms with Gasteiger partial charge in [-0.05, 0) is 48.6 Å². The van der Waals surface area contributed by atoms with Crippen LogP contribution in [0.25, 0.3) is 33.5 Å². The second kappa shape index (κ2) is 6.95. The SMILES string of the molecule is Cn1c(-c2nc3ccccc3[nH]2)c(C2CCCCC2)c2ccc(C(=O)N=O)cc21. The van der Waals surface area contributed by atoms with Gasteiger partial charge in [0.15, 0.2) is 5.82 Å². The summed E-state index contributed by atoms with van der Waals surface area (Å²) in [5, 5.41) is 3.71. The zero-order chi connectivity index (χ0) is 20.0.